The minimum absolute atomic E-state index is 0.0469. The predicted molar refractivity (Wildman–Crippen MR) is 170 cm³/mol. The van der Waals surface area contributed by atoms with E-state index in [2.05, 4.69) is 48.5 Å². The molecular formula is C37H37BO6. The number of hydrogen-bond acceptors (Lipinski definition) is 6. The number of carbonyl (C=O) groups excluding carboxylic acids is 1. The summed E-state index contributed by atoms with van der Waals surface area (Å²) in [6.45, 7) is 0. The average Bonchev–Trinajstić information content (AvgIpc) is 3.75. The highest BCUT2D eigenvalue weighted by Gasteiger charge is 2.65. The van der Waals surface area contributed by atoms with E-state index in [1.54, 1.807) is 14.2 Å². The number of hydrogen-bond donors (Lipinski definition) is 0. The Balaban J connectivity index is 1.55. The molecule has 1 heterocycles. The fourth-order valence-electron chi connectivity index (χ4n) is 6.76. The highest BCUT2D eigenvalue weighted by molar-refractivity contribution is 6.48. The number of allylic oxidation sites excluding steroid dienone is 1. The molecule has 4 aromatic rings. The van der Waals surface area contributed by atoms with E-state index in [-0.39, 0.29) is 17.7 Å². The Hall–Kier alpha value is -4.01. The summed E-state index contributed by atoms with van der Waals surface area (Å²) in [5, 5.41) is 0. The van der Waals surface area contributed by atoms with Crippen LogP contribution in [0.4, 0.5) is 0 Å². The highest BCUT2D eigenvalue weighted by atomic mass is 16.7. The SMILES string of the molecule is COC(=O)/C=C/[C@H]1C[C@H]1B1O[C@@H](C(OC)(c2ccccc2)c2ccccc2)[C@H](C(OC)(c2ccccc2)c2ccccc2)O1. The molecule has 44 heavy (non-hydrogen) atoms. The standard InChI is InChI=1S/C37H37BO6/c1-40-33(39)25-24-27-26-32(27)38-43-34(36(41-2,28-16-8-4-9-17-28)29-18-10-5-11-19-29)35(44-38)37(42-3,30-20-12-6-13-21-30)31-22-14-7-15-23-31/h4-25,27,32,34-35H,26H2,1-3H3/b25-24+/t27-,32+,34+,35+/m0/s1. The van der Waals surface area contributed by atoms with Gasteiger partial charge in [-0.05, 0) is 34.6 Å². The summed E-state index contributed by atoms with van der Waals surface area (Å²) in [5.41, 5.74) is 1.66. The summed E-state index contributed by atoms with van der Waals surface area (Å²) in [4.78, 5) is 11.8. The molecule has 2 fully saturated rings. The number of benzene rings is 4. The zero-order chi connectivity index (χ0) is 30.6. The maximum Gasteiger partial charge on any atom is 0.461 e. The van der Waals surface area contributed by atoms with Crippen LogP contribution in [-0.4, -0.2) is 46.6 Å². The molecule has 0 radical (unpaired) electrons. The van der Waals surface area contributed by atoms with E-state index in [1.807, 2.05) is 78.9 Å². The van der Waals surface area contributed by atoms with Crippen molar-refractivity contribution in [3.05, 3.63) is 156 Å². The van der Waals surface area contributed by atoms with E-state index in [4.69, 9.17) is 23.5 Å². The first kappa shape index (κ1) is 30.0. The molecule has 0 unspecified atom stereocenters. The Morgan fingerprint density at radius 3 is 1.34 bits per heavy atom. The molecule has 7 heteroatoms. The lowest BCUT2D eigenvalue weighted by molar-refractivity contribution is -0.136. The van der Waals surface area contributed by atoms with E-state index in [1.165, 1.54) is 13.2 Å². The van der Waals surface area contributed by atoms with Gasteiger partial charge in [-0.15, -0.1) is 0 Å². The second-order valence-corrected chi connectivity index (χ2v) is 11.3. The second kappa shape index (κ2) is 12.9. The van der Waals surface area contributed by atoms with Crippen molar-refractivity contribution in [1.82, 2.24) is 0 Å². The van der Waals surface area contributed by atoms with E-state index < -0.39 is 30.5 Å². The molecule has 1 aliphatic heterocycles. The van der Waals surface area contributed by atoms with Crippen LogP contribution in [0.1, 0.15) is 28.7 Å². The number of rotatable bonds is 11. The number of esters is 1. The van der Waals surface area contributed by atoms with Crippen LogP contribution in [-0.2, 0) is 39.5 Å². The number of methoxy groups -OCH3 is 3. The lowest BCUT2D eigenvalue weighted by Crippen LogP contribution is -2.56. The minimum Gasteiger partial charge on any atom is -0.466 e. The predicted octanol–water partition coefficient (Wildman–Crippen LogP) is 6.56. The Morgan fingerprint density at radius 1 is 0.659 bits per heavy atom. The smallest absolute Gasteiger partial charge is 0.461 e. The maximum absolute atomic E-state index is 11.8. The Kier molecular flexibility index (Phi) is 8.82. The monoisotopic (exact) mass is 588 g/mol. The lowest BCUT2D eigenvalue weighted by atomic mass is 9.71. The van der Waals surface area contributed by atoms with Gasteiger partial charge in [0.25, 0.3) is 0 Å². The first-order valence-corrected chi connectivity index (χ1v) is 15.0. The summed E-state index contributed by atoms with van der Waals surface area (Å²) >= 11 is 0. The quantitative estimate of drug-likeness (QED) is 0.112. The molecule has 224 valence electrons. The zero-order valence-corrected chi connectivity index (χ0v) is 25.2. The maximum atomic E-state index is 11.8. The lowest BCUT2D eigenvalue weighted by Gasteiger charge is -2.47. The van der Waals surface area contributed by atoms with Crippen LogP contribution >= 0.6 is 0 Å². The van der Waals surface area contributed by atoms with Gasteiger partial charge in [0.1, 0.15) is 23.4 Å². The highest BCUT2D eigenvalue weighted by Crippen LogP contribution is 2.56. The van der Waals surface area contributed by atoms with Crippen LogP contribution in [0.25, 0.3) is 0 Å². The van der Waals surface area contributed by atoms with Crippen molar-refractivity contribution in [2.24, 2.45) is 5.92 Å². The Bertz CT molecular complexity index is 1370. The first-order valence-electron chi connectivity index (χ1n) is 15.0. The van der Waals surface area contributed by atoms with Crippen molar-refractivity contribution >= 4 is 13.1 Å². The number of ether oxygens (including phenoxy) is 3. The first-order chi connectivity index (χ1) is 21.6. The van der Waals surface area contributed by atoms with E-state index in [0.717, 1.165) is 28.7 Å². The molecule has 4 atom stereocenters. The van der Waals surface area contributed by atoms with Crippen LogP contribution < -0.4 is 0 Å². The van der Waals surface area contributed by atoms with Crippen molar-refractivity contribution in [2.45, 2.75) is 35.6 Å². The molecule has 0 aromatic heterocycles. The Morgan fingerprint density at radius 2 is 1.02 bits per heavy atom. The summed E-state index contributed by atoms with van der Waals surface area (Å²) in [6.07, 6.45) is 2.91. The van der Waals surface area contributed by atoms with Gasteiger partial charge in [0.05, 0.1) is 7.11 Å². The summed E-state index contributed by atoms with van der Waals surface area (Å²) in [5.74, 6) is -0.210. The van der Waals surface area contributed by atoms with Crippen molar-refractivity contribution in [1.29, 1.82) is 0 Å². The van der Waals surface area contributed by atoms with Gasteiger partial charge in [-0.3, -0.25) is 0 Å². The van der Waals surface area contributed by atoms with Crippen molar-refractivity contribution in [3.8, 4) is 0 Å². The third kappa shape index (κ3) is 5.31. The van der Waals surface area contributed by atoms with Gasteiger partial charge in [-0.2, -0.15) is 0 Å². The van der Waals surface area contributed by atoms with Gasteiger partial charge in [0.15, 0.2) is 0 Å². The Labute approximate surface area is 259 Å². The molecule has 4 aromatic carbocycles. The van der Waals surface area contributed by atoms with Crippen molar-refractivity contribution < 1.29 is 28.3 Å². The van der Waals surface area contributed by atoms with Gasteiger partial charge in [0, 0.05) is 26.1 Å². The van der Waals surface area contributed by atoms with Gasteiger partial charge < -0.3 is 23.5 Å². The molecule has 1 saturated heterocycles. The molecule has 1 saturated carbocycles. The normalized spacial score (nSPS) is 21.8. The van der Waals surface area contributed by atoms with Crippen LogP contribution in [0, 0.1) is 5.92 Å². The topological polar surface area (TPSA) is 63.2 Å². The zero-order valence-electron chi connectivity index (χ0n) is 25.2. The molecule has 1 aliphatic carbocycles. The third-order valence-corrected chi connectivity index (χ3v) is 9.01. The van der Waals surface area contributed by atoms with Crippen LogP contribution in [0.3, 0.4) is 0 Å². The molecule has 6 rings (SSSR count). The van der Waals surface area contributed by atoms with E-state index >= 15 is 0 Å². The van der Waals surface area contributed by atoms with Gasteiger partial charge in [0.2, 0.25) is 0 Å². The average molecular weight is 589 g/mol. The van der Waals surface area contributed by atoms with Gasteiger partial charge >= 0.3 is 13.1 Å². The van der Waals surface area contributed by atoms with Gasteiger partial charge in [-0.1, -0.05) is 127 Å². The van der Waals surface area contributed by atoms with Crippen LogP contribution in [0.2, 0.25) is 5.82 Å². The molecule has 0 N–H and O–H groups in total. The molecule has 0 amide bonds. The molecular weight excluding hydrogens is 551 g/mol. The molecule has 0 bridgehead atoms. The van der Waals surface area contributed by atoms with Crippen LogP contribution in [0.5, 0.6) is 0 Å². The van der Waals surface area contributed by atoms with E-state index in [9.17, 15) is 4.79 Å². The third-order valence-electron chi connectivity index (χ3n) is 9.01. The molecule has 0 spiro atoms. The molecule has 2 aliphatic rings. The summed E-state index contributed by atoms with van der Waals surface area (Å²) in [6, 6.07) is 40.7. The molecule has 6 nitrogen and oxygen atoms in total. The summed E-state index contributed by atoms with van der Waals surface area (Å²) in [7, 11) is 4.27. The fourth-order valence-corrected chi connectivity index (χ4v) is 6.76. The van der Waals surface area contributed by atoms with Crippen molar-refractivity contribution in [2.75, 3.05) is 21.3 Å². The van der Waals surface area contributed by atoms with Crippen molar-refractivity contribution in [3.63, 3.8) is 0 Å². The van der Waals surface area contributed by atoms with E-state index in [0.29, 0.717) is 0 Å². The second-order valence-electron chi connectivity index (χ2n) is 11.3. The minimum atomic E-state index is -1.05. The van der Waals surface area contributed by atoms with Crippen LogP contribution in [0.15, 0.2) is 133 Å². The number of carbonyl (C=O) groups is 1. The largest absolute Gasteiger partial charge is 0.466 e. The fraction of sp³-hybridized carbons (Fsp3) is 0.270. The summed E-state index contributed by atoms with van der Waals surface area (Å²) < 4.78 is 32.4. The van der Waals surface area contributed by atoms with Gasteiger partial charge in [-0.25, -0.2) is 4.79 Å².